The molecular weight excluding hydrogens is 270 g/mol. The Morgan fingerprint density at radius 3 is 2.57 bits per heavy atom. The van der Waals surface area contributed by atoms with Gasteiger partial charge in [0.05, 0.1) is 12.0 Å². The molecule has 2 rings (SSSR count). The molecule has 0 unspecified atom stereocenters. The second kappa shape index (κ2) is 6.60. The molecule has 2 heterocycles. The number of likely N-dealkylation sites (tertiary alicyclic amines) is 1. The molecule has 0 aromatic carbocycles. The van der Waals surface area contributed by atoms with E-state index >= 15 is 0 Å². The van der Waals surface area contributed by atoms with Gasteiger partial charge in [-0.3, -0.25) is 4.79 Å². The van der Waals surface area contributed by atoms with Gasteiger partial charge in [0, 0.05) is 32.7 Å². The topological polar surface area (TPSA) is 79.3 Å². The van der Waals surface area contributed by atoms with Crippen molar-refractivity contribution in [3.8, 4) is 0 Å². The van der Waals surface area contributed by atoms with Gasteiger partial charge in [-0.1, -0.05) is 0 Å². The quantitative estimate of drug-likeness (QED) is 0.859. The molecular formula is C14H23N5O2. The summed E-state index contributed by atoms with van der Waals surface area (Å²) < 4.78 is 1.73. The van der Waals surface area contributed by atoms with Gasteiger partial charge in [0.1, 0.15) is 5.69 Å². The fourth-order valence-corrected chi connectivity index (χ4v) is 2.62. The Balaban J connectivity index is 1.86. The van der Waals surface area contributed by atoms with Crippen molar-refractivity contribution in [1.82, 2.24) is 25.1 Å². The number of urea groups is 1. The summed E-state index contributed by atoms with van der Waals surface area (Å²) in [5.74, 6) is -0.0936. The van der Waals surface area contributed by atoms with Crippen molar-refractivity contribution >= 4 is 11.9 Å². The first-order valence-corrected chi connectivity index (χ1v) is 7.34. The average Bonchev–Trinajstić information content (AvgIpc) is 2.79. The molecule has 1 fully saturated rings. The molecule has 0 aliphatic carbocycles. The lowest BCUT2D eigenvalue weighted by molar-refractivity contribution is 0.0909. The fourth-order valence-electron chi connectivity index (χ4n) is 2.62. The van der Waals surface area contributed by atoms with Crippen molar-refractivity contribution in [2.45, 2.75) is 32.7 Å². The molecule has 1 aliphatic rings. The molecule has 3 amide bonds. The summed E-state index contributed by atoms with van der Waals surface area (Å²) in [5.41, 5.74) is 1.33. The lowest BCUT2D eigenvalue weighted by Crippen LogP contribution is -2.49. The number of carbonyl (C=O) groups excluding carboxylic acids is 2. The highest BCUT2D eigenvalue weighted by Gasteiger charge is 2.25. The van der Waals surface area contributed by atoms with Crippen molar-refractivity contribution in [3.05, 3.63) is 17.7 Å². The van der Waals surface area contributed by atoms with Crippen LogP contribution < -0.4 is 10.6 Å². The molecule has 1 aliphatic heterocycles. The Morgan fingerprint density at radius 1 is 1.38 bits per heavy atom. The number of piperidine rings is 1. The first-order chi connectivity index (χ1) is 10.0. The van der Waals surface area contributed by atoms with Gasteiger partial charge < -0.3 is 20.1 Å². The number of nitrogens with zero attached hydrogens (tertiary/aromatic N) is 3. The number of hydrogen-bond acceptors (Lipinski definition) is 3. The number of aromatic nitrogens is 2. The standard InChI is InChI=1S/C14H23N5O2/c1-4-15-14(21)19-7-5-11(6-8-19)17-13(20)12-10(2)16-9-18(12)3/h9,11H,4-8H2,1-3H3,(H,15,21)(H,17,20). The number of amides is 3. The first-order valence-electron chi connectivity index (χ1n) is 7.34. The van der Waals surface area contributed by atoms with E-state index in [2.05, 4.69) is 15.6 Å². The number of aryl methyl sites for hydroxylation is 2. The molecule has 0 bridgehead atoms. The van der Waals surface area contributed by atoms with E-state index in [1.165, 1.54) is 0 Å². The van der Waals surface area contributed by atoms with Gasteiger partial charge in [-0.2, -0.15) is 0 Å². The Hall–Kier alpha value is -2.05. The molecule has 1 aromatic rings. The zero-order chi connectivity index (χ0) is 15.4. The number of rotatable bonds is 3. The number of carbonyl (C=O) groups is 2. The van der Waals surface area contributed by atoms with Gasteiger partial charge in [0.2, 0.25) is 0 Å². The maximum Gasteiger partial charge on any atom is 0.317 e. The zero-order valence-electron chi connectivity index (χ0n) is 12.8. The van der Waals surface area contributed by atoms with Crippen molar-refractivity contribution in [2.75, 3.05) is 19.6 Å². The van der Waals surface area contributed by atoms with Gasteiger partial charge in [-0.05, 0) is 26.7 Å². The third kappa shape index (κ3) is 3.53. The van der Waals surface area contributed by atoms with Crippen LogP contribution in [0.15, 0.2) is 6.33 Å². The van der Waals surface area contributed by atoms with Crippen molar-refractivity contribution < 1.29 is 9.59 Å². The Labute approximate surface area is 124 Å². The SMILES string of the molecule is CCNC(=O)N1CCC(NC(=O)c2c(C)ncn2C)CC1. The average molecular weight is 293 g/mol. The van der Waals surface area contributed by atoms with Crippen LogP contribution in [0.5, 0.6) is 0 Å². The smallest absolute Gasteiger partial charge is 0.317 e. The van der Waals surface area contributed by atoms with Crippen LogP contribution in [-0.2, 0) is 7.05 Å². The molecule has 1 aromatic heterocycles. The molecule has 0 spiro atoms. The lowest BCUT2D eigenvalue weighted by atomic mass is 10.1. The Bertz CT molecular complexity index is 498. The van der Waals surface area contributed by atoms with Gasteiger partial charge in [-0.25, -0.2) is 9.78 Å². The van der Waals surface area contributed by atoms with E-state index < -0.39 is 0 Å². The van der Waals surface area contributed by atoms with Crippen LogP contribution >= 0.6 is 0 Å². The van der Waals surface area contributed by atoms with Crippen LogP contribution in [0.4, 0.5) is 4.79 Å². The minimum absolute atomic E-state index is 0.0234. The van der Waals surface area contributed by atoms with Crippen LogP contribution in [0.3, 0.4) is 0 Å². The number of imidazole rings is 1. The molecule has 7 nitrogen and oxygen atoms in total. The van der Waals surface area contributed by atoms with Crippen molar-refractivity contribution in [3.63, 3.8) is 0 Å². The normalized spacial score (nSPS) is 15.9. The highest BCUT2D eigenvalue weighted by molar-refractivity contribution is 5.93. The molecule has 116 valence electrons. The highest BCUT2D eigenvalue weighted by atomic mass is 16.2. The second-order valence-electron chi connectivity index (χ2n) is 5.36. The summed E-state index contributed by atoms with van der Waals surface area (Å²) in [6.07, 6.45) is 3.20. The minimum atomic E-state index is -0.0936. The minimum Gasteiger partial charge on any atom is -0.348 e. The first kappa shape index (κ1) is 15.3. The maximum absolute atomic E-state index is 12.3. The zero-order valence-corrected chi connectivity index (χ0v) is 12.8. The van der Waals surface area contributed by atoms with Gasteiger partial charge in [0.25, 0.3) is 5.91 Å². The molecule has 21 heavy (non-hydrogen) atoms. The van der Waals surface area contributed by atoms with Crippen LogP contribution in [0.2, 0.25) is 0 Å². The van der Waals surface area contributed by atoms with Crippen molar-refractivity contribution in [2.24, 2.45) is 7.05 Å². The van der Waals surface area contributed by atoms with Gasteiger partial charge in [-0.15, -0.1) is 0 Å². The van der Waals surface area contributed by atoms with Crippen LogP contribution in [-0.4, -0.2) is 52.1 Å². The van der Waals surface area contributed by atoms with Gasteiger partial charge in [0.15, 0.2) is 0 Å². The van der Waals surface area contributed by atoms with Crippen LogP contribution in [0.1, 0.15) is 35.9 Å². The van der Waals surface area contributed by atoms with Gasteiger partial charge >= 0.3 is 6.03 Å². The third-order valence-electron chi connectivity index (χ3n) is 3.78. The molecule has 0 saturated carbocycles. The third-order valence-corrected chi connectivity index (χ3v) is 3.78. The lowest BCUT2D eigenvalue weighted by Gasteiger charge is -2.32. The summed E-state index contributed by atoms with van der Waals surface area (Å²) in [7, 11) is 1.81. The summed E-state index contributed by atoms with van der Waals surface area (Å²) in [5, 5.41) is 5.83. The monoisotopic (exact) mass is 293 g/mol. The predicted molar refractivity (Wildman–Crippen MR) is 79.1 cm³/mol. The van der Waals surface area contributed by atoms with E-state index in [1.807, 2.05) is 20.9 Å². The van der Waals surface area contributed by atoms with E-state index in [1.54, 1.807) is 15.8 Å². The molecule has 2 N–H and O–H groups in total. The van der Waals surface area contributed by atoms with E-state index in [4.69, 9.17) is 0 Å². The van der Waals surface area contributed by atoms with E-state index in [-0.39, 0.29) is 18.0 Å². The molecule has 0 radical (unpaired) electrons. The summed E-state index contributed by atoms with van der Waals surface area (Å²) in [6.45, 7) is 5.70. The van der Waals surface area contributed by atoms with Crippen molar-refractivity contribution in [1.29, 1.82) is 0 Å². The van der Waals surface area contributed by atoms with E-state index in [0.717, 1.165) is 18.5 Å². The van der Waals surface area contributed by atoms with E-state index in [9.17, 15) is 9.59 Å². The summed E-state index contributed by atoms with van der Waals surface area (Å²) in [4.78, 5) is 29.9. The predicted octanol–water partition coefficient (Wildman–Crippen LogP) is 0.652. The summed E-state index contributed by atoms with van der Waals surface area (Å²) in [6, 6.07) is 0.0854. The molecule has 0 atom stereocenters. The summed E-state index contributed by atoms with van der Waals surface area (Å²) >= 11 is 0. The van der Waals surface area contributed by atoms with Crippen LogP contribution in [0, 0.1) is 6.92 Å². The van der Waals surface area contributed by atoms with E-state index in [0.29, 0.717) is 25.3 Å². The molecule has 7 heteroatoms. The second-order valence-corrected chi connectivity index (χ2v) is 5.36. The molecule has 1 saturated heterocycles. The number of nitrogens with one attached hydrogen (secondary N) is 2. The fraction of sp³-hybridized carbons (Fsp3) is 0.643. The highest BCUT2D eigenvalue weighted by Crippen LogP contribution is 2.12. The Kier molecular flexibility index (Phi) is 4.82. The largest absolute Gasteiger partial charge is 0.348 e. The Morgan fingerprint density at radius 2 is 2.05 bits per heavy atom. The number of hydrogen-bond donors (Lipinski definition) is 2. The van der Waals surface area contributed by atoms with Crippen LogP contribution in [0.25, 0.3) is 0 Å². The maximum atomic E-state index is 12.3.